The van der Waals surface area contributed by atoms with E-state index in [0.717, 1.165) is 68.7 Å². The summed E-state index contributed by atoms with van der Waals surface area (Å²) in [5.74, 6) is 1.98. The lowest BCUT2D eigenvalue weighted by molar-refractivity contribution is -0.00805. The lowest BCUT2D eigenvalue weighted by Crippen LogP contribution is -2.48. The summed E-state index contributed by atoms with van der Waals surface area (Å²) in [6.07, 6.45) is 5.87. The zero-order chi connectivity index (χ0) is 21.6. The van der Waals surface area contributed by atoms with E-state index in [9.17, 15) is 0 Å². The number of ether oxygens (including phenoxy) is 1. The highest BCUT2D eigenvalue weighted by atomic mass is 127. The maximum atomic E-state index is 5.98. The summed E-state index contributed by atoms with van der Waals surface area (Å²) in [5.41, 5.74) is 2.22. The number of hydrogen-bond acceptors (Lipinski definition) is 6. The van der Waals surface area contributed by atoms with Crippen LogP contribution in [0.3, 0.4) is 0 Å². The van der Waals surface area contributed by atoms with Gasteiger partial charge >= 0.3 is 0 Å². The fourth-order valence-corrected chi connectivity index (χ4v) is 3.97. The average Bonchev–Trinajstić information content (AvgIpc) is 3.24. The molecule has 0 amide bonds. The topological polar surface area (TPSA) is 74.1 Å². The van der Waals surface area contributed by atoms with Gasteiger partial charge in [0.15, 0.2) is 5.96 Å². The first-order chi connectivity index (χ1) is 15.1. The van der Waals surface area contributed by atoms with E-state index < -0.39 is 0 Å². The van der Waals surface area contributed by atoms with Crippen LogP contribution in [-0.2, 0) is 18.3 Å². The molecule has 1 N–H and O–H groups in total. The monoisotopic (exact) mass is 554 g/mol. The molecule has 0 saturated carbocycles. The van der Waals surface area contributed by atoms with Gasteiger partial charge in [-0.05, 0) is 25.6 Å². The smallest absolute Gasteiger partial charge is 0.194 e. The molecule has 2 aromatic heterocycles. The first kappa shape index (κ1) is 24.7. The van der Waals surface area contributed by atoms with Crippen molar-refractivity contribution in [3.63, 3.8) is 0 Å². The van der Waals surface area contributed by atoms with Crippen LogP contribution in [0.5, 0.6) is 0 Å². The number of halogens is 1. The van der Waals surface area contributed by atoms with E-state index in [1.165, 1.54) is 0 Å². The van der Waals surface area contributed by atoms with Gasteiger partial charge in [-0.15, -0.1) is 24.0 Å². The molecule has 2 aliphatic heterocycles. The number of rotatable bonds is 5. The van der Waals surface area contributed by atoms with E-state index in [1.807, 2.05) is 30.3 Å². The highest BCUT2D eigenvalue weighted by Gasteiger charge is 2.25. The molecule has 4 rings (SSSR count). The van der Waals surface area contributed by atoms with Crippen molar-refractivity contribution in [3.8, 4) is 0 Å². The SMILES string of the molecule is CCNC(=NCc1ccc(N2CCN(C)CC2)nc1)N1CCOC(c2cnn(C)c2)C1.I. The molecule has 1 unspecified atom stereocenters. The second kappa shape index (κ2) is 11.8. The van der Waals surface area contributed by atoms with Gasteiger partial charge in [-0.25, -0.2) is 9.98 Å². The molecule has 0 bridgehead atoms. The Hall–Kier alpha value is -1.92. The van der Waals surface area contributed by atoms with Gasteiger partial charge < -0.3 is 24.8 Å². The zero-order valence-corrected chi connectivity index (χ0v) is 21.6. The predicted octanol–water partition coefficient (Wildman–Crippen LogP) is 1.72. The van der Waals surface area contributed by atoms with E-state index >= 15 is 0 Å². The van der Waals surface area contributed by atoms with Crippen molar-refractivity contribution in [2.45, 2.75) is 19.6 Å². The van der Waals surface area contributed by atoms with E-state index in [4.69, 9.17) is 14.7 Å². The van der Waals surface area contributed by atoms with E-state index in [-0.39, 0.29) is 30.1 Å². The number of aliphatic imine (C=N–C) groups is 1. The number of nitrogens with one attached hydrogen (secondary N) is 1. The summed E-state index contributed by atoms with van der Waals surface area (Å²) in [6, 6.07) is 4.27. The van der Waals surface area contributed by atoms with Gasteiger partial charge in [-0.2, -0.15) is 5.10 Å². The van der Waals surface area contributed by atoms with Gasteiger partial charge in [0, 0.05) is 64.3 Å². The van der Waals surface area contributed by atoms with Crippen LogP contribution in [0, 0.1) is 0 Å². The van der Waals surface area contributed by atoms with Crippen molar-refractivity contribution in [2.75, 3.05) is 64.4 Å². The molecule has 32 heavy (non-hydrogen) atoms. The quantitative estimate of drug-likeness (QED) is 0.343. The molecule has 0 radical (unpaired) electrons. The summed E-state index contributed by atoms with van der Waals surface area (Å²) in [4.78, 5) is 16.6. The molecule has 0 spiro atoms. The molecule has 1 atom stereocenters. The van der Waals surface area contributed by atoms with Crippen molar-refractivity contribution in [2.24, 2.45) is 12.0 Å². The van der Waals surface area contributed by atoms with Crippen LogP contribution in [0.4, 0.5) is 5.82 Å². The first-order valence-electron chi connectivity index (χ1n) is 11.1. The summed E-state index contributed by atoms with van der Waals surface area (Å²) in [7, 11) is 4.10. The fraction of sp³-hybridized carbons (Fsp3) is 0.591. The average molecular weight is 554 g/mol. The lowest BCUT2D eigenvalue weighted by atomic mass is 10.1. The number of hydrogen-bond donors (Lipinski definition) is 1. The van der Waals surface area contributed by atoms with Crippen LogP contribution in [0.25, 0.3) is 0 Å². The third kappa shape index (κ3) is 6.32. The number of nitrogens with zero attached hydrogens (tertiary/aromatic N) is 7. The third-order valence-electron chi connectivity index (χ3n) is 5.85. The summed E-state index contributed by atoms with van der Waals surface area (Å²) < 4.78 is 7.80. The number of aromatic nitrogens is 3. The minimum atomic E-state index is 0. The molecule has 2 saturated heterocycles. The zero-order valence-electron chi connectivity index (χ0n) is 19.3. The van der Waals surface area contributed by atoms with Crippen LogP contribution < -0.4 is 10.2 Å². The Bertz CT molecular complexity index is 863. The van der Waals surface area contributed by atoms with Gasteiger partial charge in [0.1, 0.15) is 11.9 Å². The summed E-state index contributed by atoms with van der Waals surface area (Å²) in [6.45, 7) is 10.0. The number of anilines is 1. The molecular weight excluding hydrogens is 519 g/mol. The van der Waals surface area contributed by atoms with Crippen LogP contribution >= 0.6 is 24.0 Å². The second-order valence-corrected chi connectivity index (χ2v) is 8.24. The van der Waals surface area contributed by atoms with Crippen LogP contribution in [0.15, 0.2) is 35.7 Å². The molecule has 10 heteroatoms. The molecular formula is C22H35IN8O. The molecule has 9 nitrogen and oxygen atoms in total. The molecule has 0 aromatic carbocycles. The Morgan fingerprint density at radius 3 is 2.62 bits per heavy atom. The van der Waals surface area contributed by atoms with E-state index in [1.54, 1.807) is 0 Å². The van der Waals surface area contributed by atoms with Gasteiger partial charge in [-0.3, -0.25) is 4.68 Å². The Labute approximate surface area is 207 Å². The first-order valence-corrected chi connectivity index (χ1v) is 11.1. The molecule has 4 heterocycles. The Balaban J connectivity index is 0.00000289. The molecule has 0 aliphatic carbocycles. The van der Waals surface area contributed by atoms with Gasteiger partial charge in [-0.1, -0.05) is 6.07 Å². The maximum Gasteiger partial charge on any atom is 0.194 e. The molecule has 176 valence electrons. The highest BCUT2D eigenvalue weighted by Crippen LogP contribution is 2.22. The van der Waals surface area contributed by atoms with Crippen molar-refractivity contribution in [1.82, 2.24) is 29.9 Å². The minimum Gasteiger partial charge on any atom is -0.370 e. The maximum absolute atomic E-state index is 5.98. The largest absolute Gasteiger partial charge is 0.370 e. The van der Waals surface area contributed by atoms with Crippen molar-refractivity contribution in [1.29, 1.82) is 0 Å². The minimum absolute atomic E-state index is 0. The second-order valence-electron chi connectivity index (χ2n) is 8.24. The summed E-state index contributed by atoms with van der Waals surface area (Å²) in [5, 5.41) is 7.71. The Morgan fingerprint density at radius 1 is 1.16 bits per heavy atom. The van der Waals surface area contributed by atoms with E-state index in [0.29, 0.717) is 13.2 Å². The predicted molar refractivity (Wildman–Crippen MR) is 138 cm³/mol. The fourth-order valence-electron chi connectivity index (χ4n) is 3.97. The van der Waals surface area contributed by atoms with Crippen LogP contribution in [-0.4, -0.2) is 90.0 Å². The number of morpholine rings is 1. The van der Waals surface area contributed by atoms with Crippen molar-refractivity contribution in [3.05, 3.63) is 41.9 Å². The number of guanidine groups is 1. The van der Waals surface area contributed by atoms with Crippen molar-refractivity contribution >= 4 is 35.8 Å². The third-order valence-corrected chi connectivity index (χ3v) is 5.85. The van der Waals surface area contributed by atoms with Crippen LogP contribution in [0.1, 0.15) is 24.2 Å². The highest BCUT2D eigenvalue weighted by molar-refractivity contribution is 14.0. The number of pyridine rings is 1. The van der Waals surface area contributed by atoms with Crippen molar-refractivity contribution < 1.29 is 4.74 Å². The summed E-state index contributed by atoms with van der Waals surface area (Å²) >= 11 is 0. The number of aryl methyl sites for hydroxylation is 1. The number of piperazine rings is 1. The van der Waals surface area contributed by atoms with Gasteiger partial charge in [0.25, 0.3) is 0 Å². The molecule has 2 aliphatic rings. The standard InChI is InChI=1S/C22H34N8O.HI/c1-4-23-22(30-11-12-31-20(17-30)19-15-26-28(3)16-19)25-14-18-5-6-21(24-13-18)29-9-7-27(2)8-10-29;/h5-6,13,15-16,20H,4,7-12,14,17H2,1-3H3,(H,23,25);1H. The molecule has 2 aromatic rings. The van der Waals surface area contributed by atoms with Gasteiger partial charge in [0.05, 0.1) is 25.9 Å². The number of likely N-dealkylation sites (N-methyl/N-ethyl adjacent to an activating group) is 1. The lowest BCUT2D eigenvalue weighted by Gasteiger charge is -2.34. The van der Waals surface area contributed by atoms with Crippen LogP contribution in [0.2, 0.25) is 0 Å². The normalized spacial score (nSPS) is 20.2. The Morgan fingerprint density at radius 2 is 1.97 bits per heavy atom. The molecule has 2 fully saturated rings. The Kier molecular flexibility index (Phi) is 9.11. The van der Waals surface area contributed by atoms with E-state index in [2.05, 4.69) is 51.2 Å². The van der Waals surface area contributed by atoms with Gasteiger partial charge in [0.2, 0.25) is 0 Å².